The summed E-state index contributed by atoms with van der Waals surface area (Å²) in [5.41, 5.74) is 0.228. The van der Waals surface area contributed by atoms with Gasteiger partial charge in [-0.1, -0.05) is 13.8 Å². The van der Waals surface area contributed by atoms with Crippen molar-refractivity contribution in [3.8, 4) is 0 Å². The van der Waals surface area contributed by atoms with Gasteiger partial charge < -0.3 is 10.1 Å². The van der Waals surface area contributed by atoms with Gasteiger partial charge in [0, 0.05) is 18.5 Å². The molecular weight excluding hydrogens is 248 g/mol. The van der Waals surface area contributed by atoms with E-state index < -0.39 is 5.97 Å². The zero-order valence-electron chi connectivity index (χ0n) is 11.1. The van der Waals surface area contributed by atoms with E-state index in [4.69, 9.17) is 5.11 Å². The number of nitrogens with zero attached hydrogens (tertiary/aromatic N) is 1. The van der Waals surface area contributed by atoms with Crippen molar-refractivity contribution in [1.29, 1.82) is 0 Å². The van der Waals surface area contributed by atoms with E-state index in [0.29, 0.717) is 5.69 Å². The topological polar surface area (TPSA) is 90.5 Å². The Morgan fingerprint density at radius 2 is 1.84 bits per heavy atom. The van der Waals surface area contributed by atoms with Crippen LogP contribution in [0.2, 0.25) is 0 Å². The smallest absolute Gasteiger partial charge is 0.354 e. The van der Waals surface area contributed by atoms with Crippen LogP contribution in [-0.2, 0) is 9.59 Å². The minimum Gasteiger partial charge on any atom is -0.477 e. The molecule has 0 aromatic carbocycles. The Bertz CT molecular complexity index is 551. The number of nitrogens with one attached hydrogen (secondary N) is 1. The Hall–Kier alpha value is -2.11. The van der Waals surface area contributed by atoms with E-state index in [9.17, 15) is 14.4 Å². The maximum atomic E-state index is 12.1. The van der Waals surface area contributed by atoms with Gasteiger partial charge in [0.25, 0.3) is 0 Å². The second kappa shape index (κ2) is 4.22. The van der Waals surface area contributed by atoms with Crippen molar-refractivity contribution in [3.05, 3.63) is 17.5 Å². The fourth-order valence-corrected chi connectivity index (χ4v) is 2.36. The van der Waals surface area contributed by atoms with Crippen LogP contribution in [0.15, 0.2) is 6.07 Å². The number of carboxylic acid groups (broad SMARTS) is 1. The highest BCUT2D eigenvalue weighted by Crippen LogP contribution is 2.35. The van der Waals surface area contributed by atoms with Crippen LogP contribution in [0.3, 0.4) is 0 Å². The number of carbonyl (C=O) groups excluding carboxylic acids is 2. The molecule has 1 aliphatic rings. The highest BCUT2D eigenvalue weighted by molar-refractivity contribution is 6.19. The van der Waals surface area contributed by atoms with Crippen molar-refractivity contribution in [2.75, 3.05) is 4.90 Å². The molecule has 1 aromatic heterocycles. The molecule has 2 amide bonds. The number of hydrogen-bond acceptors (Lipinski definition) is 3. The normalized spacial score (nSPS) is 18.8. The minimum absolute atomic E-state index is 0.126. The van der Waals surface area contributed by atoms with Crippen LogP contribution < -0.4 is 4.90 Å². The van der Waals surface area contributed by atoms with Gasteiger partial charge >= 0.3 is 5.97 Å². The van der Waals surface area contributed by atoms with E-state index >= 15 is 0 Å². The van der Waals surface area contributed by atoms with Gasteiger partial charge in [-0.2, -0.15) is 0 Å². The number of aromatic carboxylic acids is 1. The van der Waals surface area contributed by atoms with Crippen molar-refractivity contribution >= 4 is 23.5 Å². The summed E-state index contributed by atoms with van der Waals surface area (Å²) >= 11 is 0. The van der Waals surface area contributed by atoms with Gasteiger partial charge in [-0.05, 0) is 18.4 Å². The molecule has 0 atom stereocenters. The number of imide groups is 1. The summed E-state index contributed by atoms with van der Waals surface area (Å²) in [6.07, 6.45) is 0.448. The van der Waals surface area contributed by atoms with Gasteiger partial charge in [-0.15, -0.1) is 0 Å². The Morgan fingerprint density at radius 3 is 2.32 bits per heavy atom. The average molecular weight is 264 g/mol. The minimum atomic E-state index is -1.19. The maximum Gasteiger partial charge on any atom is 0.354 e. The van der Waals surface area contributed by atoms with E-state index in [1.807, 2.05) is 13.8 Å². The molecule has 1 saturated heterocycles. The highest BCUT2D eigenvalue weighted by Gasteiger charge is 2.40. The van der Waals surface area contributed by atoms with Crippen molar-refractivity contribution in [3.63, 3.8) is 0 Å². The van der Waals surface area contributed by atoms with E-state index in [2.05, 4.69) is 4.98 Å². The summed E-state index contributed by atoms with van der Waals surface area (Å²) in [6, 6.07) is 1.51. The van der Waals surface area contributed by atoms with Crippen LogP contribution in [0, 0.1) is 12.3 Å². The molecule has 1 aliphatic heterocycles. The Morgan fingerprint density at radius 1 is 1.32 bits per heavy atom. The summed E-state index contributed by atoms with van der Waals surface area (Å²) in [7, 11) is 0. The third kappa shape index (κ3) is 2.38. The molecule has 2 rings (SSSR count). The first-order chi connectivity index (χ1) is 8.71. The quantitative estimate of drug-likeness (QED) is 0.795. The highest BCUT2D eigenvalue weighted by atomic mass is 16.4. The van der Waals surface area contributed by atoms with Crippen molar-refractivity contribution in [2.24, 2.45) is 5.41 Å². The SMILES string of the molecule is Cc1cc(N2C(=O)CC(C)(C)CC2=O)c(C(=O)O)[nH]1. The van der Waals surface area contributed by atoms with Gasteiger partial charge in [0.15, 0.2) is 0 Å². The van der Waals surface area contributed by atoms with Gasteiger partial charge in [0.2, 0.25) is 11.8 Å². The van der Waals surface area contributed by atoms with E-state index in [1.54, 1.807) is 6.92 Å². The standard InChI is InChI=1S/C13H16N2O4/c1-7-4-8(11(14-7)12(18)19)15-9(16)5-13(2,3)6-10(15)17/h4,14H,5-6H2,1-3H3,(H,18,19). The molecule has 0 aliphatic carbocycles. The number of aryl methyl sites for hydroxylation is 1. The number of carboxylic acids is 1. The summed E-state index contributed by atoms with van der Waals surface area (Å²) < 4.78 is 0. The molecule has 19 heavy (non-hydrogen) atoms. The van der Waals surface area contributed by atoms with Crippen LogP contribution in [0.5, 0.6) is 0 Å². The van der Waals surface area contributed by atoms with Gasteiger partial charge in [0.1, 0.15) is 5.69 Å². The molecule has 0 unspecified atom stereocenters. The molecule has 1 fully saturated rings. The second-order valence-electron chi connectivity index (χ2n) is 5.66. The van der Waals surface area contributed by atoms with Crippen LogP contribution in [0.25, 0.3) is 0 Å². The molecule has 102 valence electrons. The lowest BCUT2D eigenvalue weighted by Gasteiger charge is -2.34. The number of H-pyrrole nitrogens is 1. The molecule has 1 aromatic rings. The second-order valence-corrected chi connectivity index (χ2v) is 5.66. The zero-order chi connectivity index (χ0) is 14.4. The number of amides is 2. The summed E-state index contributed by atoms with van der Waals surface area (Å²) in [5, 5.41) is 9.10. The number of rotatable bonds is 2. The van der Waals surface area contributed by atoms with Gasteiger partial charge in [-0.25, -0.2) is 9.69 Å². The summed E-state index contributed by atoms with van der Waals surface area (Å²) in [5.74, 6) is -1.90. The predicted molar refractivity (Wildman–Crippen MR) is 68.0 cm³/mol. The maximum absolute atomic E-state index is 12.1. The van der Waals surface area contributed by atoms with Crippen molar-refractivity contribution < 1.29 is 19.5 Å². The summed E-state index contributed by atoms with van der Waals surface area (Å²) in [6.45, 7) is 5.38. The predicted octanol–water partition coefficient (Wildman–Crippen LogP) is 1.70. The number of piperidine rings is 1. The third-order valence-electron chi connectivity index (χ3n) is 3.14. The average Bonchev–Trinajstić information content (AvgIpc) is 2.57. The molecule has 0 spiro atoms. The molecule has 0 radical (unpaired) electrons. The molecule has 0 bridgehead atoms. The Kier molecular flexibility index (Phi) is 2.96. The Balaban J connectivity index is 2.45. The first-order valence-corrected chi connectivity index (χ1v) is 6.00. The molecule has 2 heterocycles. The van der Waals surface area contributed by atoms with Crippen molar-refractivity contribution in [2.45, 2.75) is 33.6 Å². The van der Waals surface area contributed by atoms with Crippen LogP contribution >= 0.6 is 0 Å². The van der Waals surface area contributed by atoms with E-state index in [1.165, 1.54) is 6.07 Å². The van der Waals surface area contributed by atoms with Crippen molar-refractivity contribution in [1.82, 2.24) is 4.98 Å². The number of anilines is 1. The third-order valence-corrected chi connectivity index (χ3v) is 3.14. The van der Waals surface area contributed by atoms with Crippen LogP contribution in [-0.4, -0.2) is 27.9 Å². The molecule has 6 nitrogen and oxygen atoms in total. The first-order valence-electron chi connectivity index (χ1n) is 6.00. The summed E-state index contributed by atoms with van der Waals surface area (Å²) in [4.78, 5) is 39.0. The lowest BCUT2D eigenvalue weighted by molar-refractivity contribution is -0.132. The number of carbonyl (C=O) groups is 3. The zero-order valence-corrected chi connectivity index (χ0v) is 11.1. The molecule has 6 heteroatoms. The van der Waals surface area contributed by atoms with Crippen LogP contribution in [0.1, 0.15) is 42.9 Å². The van der Waals surface area contributed by atoms with Gasteiger partial charge in [-0.3, -0.25) is 9.59 Å². The largest absolute Gasteiger partial charge is 0.477 e. The van der Waals surface area contributed by atoms with E-state index in [-0.39, 0.29) is 41.5 Å². The fraction of sp³-hybridized carbons (Fsp3) is 0.462. The molecule has 0 saturated carbocycles. The number of hydrogen-bond donors (Lipinski definition) is 2. The lowest BCUT2D eigenvalue weighted by Crippen LogP contribution is -2.46. The monoisotopic (exact) mass is 264 g/mol. The van der Waals surface area contributed by atoms with E-state index in [0.717, 1.165) is 4.90 Å². The fourth-order valence-electron chi connectivity index (χ4n) is 2.36. The number of aromatic amines is 1. The number of aromatic nitrogens is 1. The lowest BCUT2D eigenvalue weighted by atomic mass is 9.81. The molecular formula is C13H16N2O4. The Labute approximate surface area is 110 Å². The van der Waals surface area contributed by atoms with Crippen LogP contribution in [0.4, 0.5) is 5.69 Å². The molecule has 2 N–H and O–H groups in total. The van der Waals surface area contributed by atoms with Gasteiger partial charge in [0.05, 0.1) is 5.69 Å². The first kappa shape index (κ1) is 13.3.